The molecule has 3 rings (SSSR count). The summed E-state index contributed by atoms with van der Waals surface area (Å²) in [6.07, 6.45) is 0.0515. The summed E-state index contributed by atoms with van der Waals surface area (Å²) in [4.78, 5) is 37.5. The van der Waals surface area contributed by atoms with Crippen LogP contribution in [0.2, 0.25) is 5.02 Å². The molecular formula is C18H15ClN2O3. The van der Waals surface area contributed by atoms with E-state index >= 15 is 0 Å². The lowest BCUT2D eigenvalue weighted by atomic mass is 10.1. The van der Waals surface area contributed by atoms with Gasteiger partial charge in [-0.15, -0.1) is 0 Å². The van der Waals surface area contributed by atoms with E-state index < -0.39 is 0 Å². The lowest BCUT2D eigenvalue weighted by Gasteiger charge is -2.13. The fourth-order valence-corrected chi connectivity index (χ4v) is 2.78. The minimum atomic E-state index is -0.352. The van der Waals surface area contributed by atoms with Crippen LogP contribution in [0, 0.1) is 0 Å². The largest absolute Gasteiger partial charge is 0.352 e. The second-order valence-electron chi connectivity index (χ2n) is 5.43. The zero-order valence-corrected chi connectivity index (χ0v) is 13.5. The fourth-order valence-electron chi connectivity index (χ4n) is 2.58. The maximum atomic E-state index is 12.2. The number of rotatable bonds is 5. The van der Waals surface area contributed by atoms with Crippen LogP contribution in [0.4, 0.5) is 0 Å². The smallest absolute Gasteiger partial charge is 0.261 e. The van der Waals surface area contributed by atoms with E-state index in [9.17, 15) is 14.4 Å². The summed E-state index contributed by atoms with van der Waals surface area (Å²) >= 11 is 6.03. The van der Waals surface area contributed by atoms with E-state index in [1.165, 1.54) is 0 Å². The number of imide groups is 1. The zero-order chi connectivity index (χ0) is 17.1. The summed E-state index contributed by atoms with van der Waals surface area (Å²) in [5, 5.41) is 3.32. The molecule has 1 N–H and O–H groups in total. The van der Waals surface area contributed by atoms with Crippen LogP contribution in [-0.2, 0) is 11.3 Å². The van der Waals surface area contributed by atoms with Crippen LogP contribution in [0.25, 0.3) is 0 Å². The summed E-state index contributed by atoms with van der Waals surface area (Å²) in [5.41, 5.74) is 1.59. The Balaban J connectivity index is 1.55. The standard InChI is InChI=1S/C18H15ClN2O3/c19-15-8-4-1-5-12(15)11-20-16(22)9-10-21-17(23)13-6-2-3-7-14(13)18(21)24/h1-8H,9-11H2,(H,20,22). The van der Waals surface area contributed by atoms with Crippen molar-refractivity contribution in [3.8, 4) is 0 Å². The molecule has 1 aliphatic rings. The van der Waals surface area contributed by atoms with Crippen molar-refractivity contribution < 1.29 is 14.4 Å². The first kappa shape index (κ1) is 16.2. The Labute approximate surface area is 144 Å². The molecule has 0 aliphatic carbocycles. The van der Waals surface area contributed by atoms with Gasteiger partial charge in [0.25, 0.3) is 11.8 Å². The number of fused-ring (bicyclic) bond motifs is 1. The molecule has 0 bridgehead atoms. The summed E-state index contributed by atoms with van der Waals surface area (Å²) in [7, 11) is 0. The third-order valence-corrected chi connectivity index (χ3v) is 4.24. The third kappa shape index (κ3) is 3.16. The SMILES string of the molecule is O=C(CCN1C(=O)c2ccccc2C1=O)NCc1ccccc1Cl. The van der Waals surface area contributed by atoms with Gasteiger partial charge >= 0.3 is 0 Å². The van der Waals surface area contributed by atoms with Gasteiger partial charge in [0.1, 0.15) is 0 Å². The van der Waals surface area contributed by atoms with E-state index in [4.69, 9.17) is 11.6 Å². The van der Waals surface area contributed by atoms with Gasteiger partial charge in [-0.05, 0) is 23.8 Å². The van der Waals surface area contributed by atoms with Crippen LogP contribution in [0.15, 0.2) is 48.5 Å². The van der Waals surface area contributed by atoms with Gasteiger partial charge in [0.2, 0.25) is 5.91 Å². The highest BCUT2D eigenvalue weighted by molar-refractivity contribution is 6.31. The summed E-state index contributed by atoms with van der Waals surface area (Å²) in [5.74, 6) is -0.949. The van der Waals surface area contributed by atoms with Gasteiger partial charge in [-0.1, -0.05) is 41.9 Å². The molecule has 122 valence electrons. The normalized spacial score (nSPS) is 13.1. The molecule has 0 unspecified atom stereocenters. The lowest BCUT2D eigenvalue weighted by molar-refractivity contribution is -0.121. The molecule has 6 heteroatoms. The second-order valence-corrected chi connectivity index (χ2v) is 5.83. The Morgan fingerprint density at radius 2 is 1.54 bits per heavy atom. The highest BCUT2D eigenvalue weighted by atomic mass is 35.5. The number of carbonyl (C=O) groups is 3. The summed E-state index contributed by atoms with van der Waals surface area (Å²) < 4.78 is 0. The van der Waals surface area contributed by atoms with Gasteiger partial charge in [-0.2, -0.15) is 0 Å². The Morgan fingerprint density at radius 1 is 0.958 bits per heavy atom. The predicted octanol–water partition coefficient (Wildman–Crippen LogP) is 2.64. The van der Waals surface area contributed by atoms with Crippen molar-refractivity contribution in [2.75, 3.05) is 6.54 Å². The van der Waals surface area contributed by atoms with E-state index in [1.807, 2.05) is 18.2 Å². The molecule has 0 saturated carbocycles. The number of nitrogens with one attached hydrogen (secondary N) is 1. The van der Waals surface area contributed by atoms with E-state index in [1.54, 1.807) is 30.3 Å². The molecule has 0 atom stereocenters. The summed E-state index contributed by atoms with van der Waals surface area (Å²) in [6, 6.07) is 13.9. The maximum Gasteiger partial charge on any atom is 0.261 e. The van der Waals surface area contributed by atoms with Crippen LogP contribution < -0.4 is 5.32 Å². The van der Waals surface area contributed by atoms with E-state index in [0.717, 1.165) is 10.5 Å². The number of nitrogens with zero attached hydrogens (tertiary/aromatic N) is 1. The van der Waals surface area contributed by atoms with Gasteiger partial charge in [0.05, 0.1) is 11.1 Å². The molecule has 0 radical (unpaired) electrons. The zero-order valence-electron chi connectivity index (χ0n) is 12.8. The minimum Gasteiger partial charge on any atom is -0.352 e. The first-order chi connectivity index (χ1) is 11.6. The Hall–Kier alpha value is -2.66. The van der Waals surface area contributed by atoms with E-state index in [-0.39, 0.29) is 30.7 Å². The van der Waals surface area contributed by atoms with Crippen LogP contribution in [-0.4, -0.2) is 29.2 Å². The van der Waals surface area contributed by atoms with Crippen LogP contribution in [0.1, 0.15) is 32.7 Å². The van der Waals surface area contributed by atoms with Crippen molar-refractivity contribution in [2.45, 2.75) is 13.0 Å². The van der Waals surface area contributed by atoms with Gasteiger partial charge in [-0.25, -0.2) is 0 Å². The number of hydrogen-bond acceptors (Lipinski definition) is 3. The third-order valence-electron chi connectivity index (χ3n) is 3.87. The van der Waals surface area contributed by atoms with Crippen LogP contribution in [0.3, 0.4) is 0 Å². The molecule has 0 fully saturated rings. The number of hydrogen-bond donors (Lipinski definition) is 1. The number of halogens is 1. The molecule has 2 aromatic carbocycles. The van der Waals surface area contributed by atoms with Crippen molar-refractivity contribution >= 4 is 29.3 Å². The number of benzene rings is 2. The van der Waals surface area contributed by atoms with Gasteiger partial charge < -0.3 is 5.32 Å². The molecule has 24 heavy (non-hydrogen) atoms. The molecule has 2 aromatic rings. The van der Waals surface area contributed by atoms with Crippen LogP contribution in [0.5, 0.6) is 0 Å². The van der Waals surface area contributed by atoms with E-state index in [2.05, 4.69) is 5.32 Å². The molecular weight excluding hydrogens is 328 g/mol. The molecule has 0 spiro atoms. The minimum absolute atomic E-state index is 0.0515. The van der Waals surface area contributed by atoms with Gasteiger partial charge in [-0.3, -0.25) is 19.3 Å². The first-order valence-electron chi connectivity index (χ1n) is 7.53. The van der Waals surface area contributed by atoms with Gasteiger partial charge in [0.15, 0.2) is 0 Å². The molecule has 1 heterocycles. The van der Waals surface area contributed by atoms with Crippen molar-refractivity contribution in [1.82, 2.24) is 10.2 Å². The maximum absolute atomic E-state index is 12.2. The van der Waals surface area contributed by atoms with Crippen molar-refractivity contribution in [3.63, 3.8) is 0 Å². The fraction of sp³-hybridized carbons (Fsp3) is 0.167. The highest BCUT2D eigenvalue weighted by Gasteiger charge is 2.34. The van der Waals surface area contributed by atoms with Crippen molar-refractivity contribution in [1.29, 1.82) is 0 Å². The summed E-state index contributed by atoms with van der Waals surface area (Å²) in [6.45, 7) is 0.362. The lowest BCUT2D eigenvalue weighted by Crippen LogP contribution is -2.34. The highest BCUT2D eigenvalue weighted by Crippen LogP contribution is 2.22. The average Bonchev–Trinajstić information content (AvgIpc) is 2.84. The van der Waals surface area contributed by atoms with Crippen LogP contribution >= 0.6 is 11.6 Å². The molecule has 3 amide bonds. The molecule has 5 nitrogen and oxygen atoms in total. The molecule has 0 aromatic heterocycles. The number of amides is 3. The van der Waals surface area contributed by atoms with Crippen molar-refractivity contribution in [3.05, 3.63) is 70.2 Å². The first-order valence-corrected chi connectivity index (χ1v) is 7.91. The van der Waals surface area contributed by atoms with Crippen molar-refractivity contribution in [2.24, 2.45) is 0 Å². The molecule has 1 aliphatic heterocycles. The molecule has 0 saturated heterocycles. The van der Waals surface area contributed by atoms with Gasteiger partial charge in [0, 0.05) is 24.5 Å². The Morgan fingerprint density at radius 3 is 2.17 bits per heavy atom. The van der Waals surface area contributed by atoms with E-state index in [0.29, 0.717) is 22.7 Å². The quantitative estimate of drug-likeness (QED) is 0.849. The predicted molar refractivity (Wildman–Crippen MR) is 89.7 cm³/mol. The number of carbonyl (C=O) groups excluding carboxylic acids is 3. The Kier molecular flexibility index (Phi) is 4.62. The topological polar surface area (TPSA) is 66.5 Å². The Bertz CT molecular complexity index is 784. The average molecular weight is 343 g/mol. The monoisotopic (exact) mass is 342 g/mol. The second kappa shape index (κ2) is 6.84.